The Kier molecular flexibility index (Phi) is 3.90. The second-order valence-electron chi connectivity index (χ2n) is 9.14. The van der Waals surface area contributed by atoms with Crippen molar-refractivity contribution < 1.29 is 10.2 Å². The van der Waals surface area contributed by atoms with Crippen LogP contribution in [0, 0.1) is 11.8 Å². The molecule has 3 aliphatic carbocycles. The summed E-state index contributed by atoms with van der Waals surface area (Å²) in [6, 6.07) is 2.40. The molecule has 25 heavy (non-hydrogen) atoms. The Morgan fingerprint density at radius 3 is 2.56 bits per heavy atom. The summed E-state index contributed by atoms with van der Waals surface area (Å²) in [4.78, 5) is 5.01. The summed E-state index contributed by atoms with van der Waals surface area (Å²) in [6.07, 6.45) is 6.94. The van der Waals surface area contributed by atoms with Gasteiger partial charge in [-0.2, -0.15) is 0 Å². The monoisotopic (exact) mass is 341 g/mol. The van der Waals surface area contributed by atoms with Crippen molar-refractivity contribution in [3.63, 3.8) is 0 Å². The van der Waals surface area contributed by atoms with Gasteiger partial charge in [0, 0.05) is 16.8 Å². The van der Waals surface area contributed by atoms with E-state index in [1.54, 1.807) is 0 Å². The Morgan fingerprint density at radius 2 is 1.92 bits per heavy atom. The van der Waals surface area contributed by atoms with Crippen LogP contribution in [0.15, 0.2) is 11.1 Å². The van der Waals surface area contributed by atoms with Crippen molar-refractivity contribution in [3.05, 3.63) is 22.8 Å². The first-order valence-electron chi connectivity index (χ1n) is 9.99. The molecule has 0 spiro atoms. The van der Waals surface area contributed by atoms with Crippen LogP contribution in [0.25, 0.3) is 0 Å². The van der Waals surface area contributed by atoms with E-state index in [0.29, 0.717) is 23.4 Å². The van der Waals surface area contributed by atoms with Crippen molar-refractivity contribution in [2.24, 2.45) is 16.8 Å². The van der Waals surface area contributed by atoms with Gasteiger partial charge in [-0.05, 0) is 60.5 Å². The number of aromatic hydroxyl groups is 2. The summed E-state index contributed by atoms with van der Waals surface area (Å²) < 4.78 is 0. The molecule has 2 saturated carbocycles. The van der Waals surface area contributed by atoms with Gasteiger partial charge in [-0.15, -0.1) is 0 Å². The SMILES string of the molecule is CC(C)c1c(O)cc2c(c1O)C(=NC1CC1)CC1C(C)CCCC21C. The Balaban J connectivity index is 1.96. The van der Waals surface area contributed by atoms with Gasteiger partial charge in [-0.1, -0.05) is 40.5 Å². The summed E-state index contributed by atoms with van der Waals surface area (Å²) in [5.41, 5.74) is 3.87. The lowest BCUT2D eigenvalue weighted by Gasteiger charge is -2.50. The molecule has 0 heterocycles. The van der Waals surface area contributed by atoms with Crippen LogP contribution in [0.1, 0.15) is 88.8 Å². The zero-order valence-corrected chi connectivity index (χ0v) is 16.0. The molecule has 4 rings (SSSR count). The molecule has 2 fully saturated rings. The minimum absolute atomic E-state index is 0.0278. The number of aliphatic imine (C=N–C) groups is 1. The van der Waals surface area contributed by atoms with Gasteiger partial charge in [0.1, 0.15) is 11.5 Å². The van der Waals surface area contributed by atoms with Crippen LogP contribution in [-0.2, 0) is 5.41 Å². The van der Waals surface area contributed by atoms with Crippen LogP contribution in [0.3, 0.4) is 0 Å². The third-order valence-electron chi connectivity index (χ3n) is 6.96. The molecule has 0 saturated heterocycles. The van der Waals surface area contributed by atoms with Crippen molar-refractivity contribution >= 4 is 5.71 Å². The molecular formula is C22H31NO2. The van der Waals surface area contributed by atoms with E-state index in [-0.39, 0.29) is 22.8 Å². The van der Waals surface area contributed by atoms with Crippen molar-refractivity contribution in [1.82, 2.24) is 0 Å². The summed E-state index contributed by atoms with van der Waals surface area (Å²) >= 11 is 0. The van der Waals surface area contributed by atoms with Crippen LogP contribution in [0.4, 0.5) is 0 Å². The fourth-order valence-corrected chi connectivity index (χ4v) is 5.40. The molecule has 1 aromatic carbocycles. The average molecular weight is 341 g/mol. The van der Waals surface area contributed by atoms with E-state index < -0.39 is 0 Å². The van der Waals surface area contributed by atoms with Crippen molar-refractivity contribution in [2.75, 3.05) is 0 Å². The number of phenolic OH excluding ortho intramolecular Hbond substituents is 2. The molecule has 0 amide bonds. The second kappa shape index (κ2) is 5.75. The highest BCUT2D eigenvalue weighted by Gasteiger charge is 2.48. The summed E-state index contributed by atoms with van der Waals surface area (Å²) in [6.45, 7) is 8.75. The number of fused-ring (bicyclic) bond motifs is 3. The van der Waals surface area contributed by atoms with Gasteiger partial charge in [0.25, 0.3) is 0 Å². The van der Waals surface area contributed by atoms with E-state index in [4.69, 9.17) is 4.99 Å². The summed E-state index contributed by atoms with van der Waals surface area (Å²) in [5.74, 6) is 1.82. The van der Waals surface area contributed by atoms with Gasteiger partial charge in [0.05, 0.1) is 6.04 Å². The number of hydrogen-bond donors (Lipinski definition) is 2. The molecule has 3 unspecified atom stereocenters. The van der Waals surface area contributed by atoms with Gasteiger partial charge in [0.15, 0.2) is 0 Å². The third kappa shape index (κ3) is 2.58. The molecule has 2 N–H and O–H groups in total. The van der Waals surface area contributed by atoms with Gasteiger partial charge in [-0.25, -0.2) is 0 Å². The highest BCUT2D eigenvalue weighted by atomic mass is 16.3. The van der Waals surface area contributed by atoms with Crippen molar-refractivity contribution in [1.29, 1.82) is 0 Å². The van der Waals surface area contributed by atoms with E-state index in [2.05, 4.69) is 13.8 Å². The zero-order valence-electron chi connectivity index (χ0n) is 16.0. The number of hydrogen-bond acceptors (Lipinski definition) is 3. The van der Waals surface area contributed by atoms with Gasteiger partial charge >= 0.3 is 0 Å². The minimum Gasteiger partial charge on any atom is -0.508 e. The quantitative estimate of drug-likeness (QED) is 0.770. The van der Waals surface area contributed by atoms with Crippen molar-refractivity contribution in [2.45, 2.75) is 83.6 Å². The Morgan fingerprint density at radius 1 is 1.20 bits per heavy atom. The number of rotatable bonds is 2. The maximum Gasteiger partial charge on any atom is 0.132 e. The minimum atomic E-state index is 0.0278. The molecule has 3 heteroatoms. The molecule has 3 aliphatic rings. The van der Waals surface area contributed by atoms with Crippen LogP contribution in [-0.4, -0.2) is 22.0 Å². The normalized spacial score (nSPS) is 33.4. The summed E-state index contributed by atoms with van der Waals surface area (Å²) in [7, 11) is 0. The van der Waals surface area contributed by atoms with Gasteiger partial charge in [0.2, 0.25) is 0 Å². The van der Waals surface area contributed by atoms with Gasteiger partial charge < -0.3 is 10.2 Å². The molecule has 0 aliphatic heterocycles. The summed E-state index contributed by atoms with van der Waals surface area (Å²) in [5, 5.41) is 21.8. The first-order valence-corrected chi connectivity index (χ1v) is 9.99. The molecule has 0 bridgehead atoms. The molecule has 3 atom stereocenters. The highest BCUT2D eigenvalue weighted by molar-refractivity contribution is 6.06. The standard InChI is InChI=1S/C22H31NO2/c1-12(2)19-18(24)11-16-20(21(19)25)17(23-14-7-8-14)10-15-13(3)6-5-9-22(15,16)4/h11-15,24-25H,5-10H2,1-4H3. The maximum atomic E-state index is 11.1. The first kappa shape index (κ1) is 16.9. The number of phenols is 2. The Labute approximate surface area is 151 Å². The fourth-order valence-electron chi connectivity index (χ4n) is 5.40. The first-order chi connectivity index (χ1) is 11.8. The largest absolute Gasteiger partial charge is 0.508 e. The topological polar surface area (TPSA) is 52.8 Å². The second-order valence-corrected chi connectivity index (χ2v) is 9.14. The lowest BCUT2D eigenvalue weighted by Crippen LogP contribution is -2.45. The maximum absolute atomic E-state index is 11.1. The fraction of sp³-hybridized carbons (Fsp3) is 0.682. The van der Waals surface area contributed by atoms with E-state index in [1.165, 1.54) is 25.7 Å². The highest BCUT2D eigenvalue weighted by Crippen LogP contribution is 2.56. The smallest absolute Gasteiger partial charge is 0.132 e. The van der Waals surface area contributed by atoms with Crippen molar-refractivity contribution in [3.8, 4) is 11.5 Å². The molecule has 3 nitrogen and oxygen atoms in total. The molecular weight excluding hydrogens is 310 g/mol. The van der Waals surface area contributed by atoms with Crippen LogP contribution >= 0.6 is 0 Å². The van der Waals surface area contributed by atoms with E-state index in [0.717, 1.165) is 29.7 Å². The van der Waals surface area contributed by atoms with Crippen LogP contribution < -0.4 is 0 Å². The molecule has 0 radical (unpaired) electrons. The average Bonchev–Trinajstić information content (AvgIpc) is 3.32. The molecule has 0 aromatic heterocycles. The van der Waals surface area contributed by atoms with E-state index in [9.17, 15) is 10.2 Å². The Bertz CT molecular complexity index is 732. The molecule has 136 valence electrons. The zero-order chi connectivity index (χ0) is 17.9. The van der Waals surface area contributed by atoms with E-state index in [1.807, 2.05) is 19.9 Å². The lowest BCUT2D eigenvalue weighted by molar-refractivity contribution is 0.138. The lowest BCUT2D eigenvalue weighted by atomic mass is 9.54. The third-order valence-corrected chi connectivity index (χ3v) is 6.96. The Hall–Kier alpha value is -1.51. The number of benzene rings is 1. The van der Waals surface area contributed by atoms with Gasteiger partial charge in [-0.3, -0.25) is 4.99 Å². The van der Waals surface area contributed by atoms with Crippen LogP contribution in [0.2, 0.25) is 0 Å². The predicted octanol–water partition coefficient (Wildman–Crippen LogP) is 5.27. The van der Waals surface area contributed by atoms with E-state index >= 15 is 0 Å². The van der Waals surface area contributed by atoms with Crippen LogP contribution in [0.5, 0.6) is 11.5 Å². The predicted molar refractivity (Wildman–Crippen MR) is 102 cm³/mol. The molecule has 1 aromatic rings. The number of nitrogens with zero attached hydrogens (tertiary/aromatic N) is 1.